The first-order valence-corrected chi connectivity index (χ1v) is 8.31. The van der Waals surface area contributed by atoms with Crippen LogP contribution in [0, 0.1) is 67.5 Å². The van der Waals surface area contributed by atoms with Crippen LogP contribution in [0.4, 0.5) is 0 Å². The second-order valence-corrected chi connectivity index (χ2v) is 6.11. The molecule has 2 aromatic rings. The van der Waals surface area contributed by atoms with E-state index in [2.05, 4.69) is 91.8 Å². The summed E-state index contributed by atoms with van der Waals surface area (Å²) in [6.07, 6.45) is 3.23. The molecule has 0 radical (unpaired) electrons. The summed E-state index contributed by atoms with van der Waals surface area (Å²) >= 11 is 0. The van der Waals surface area contributed by atoms with Gasteiger partial charge in [0.15, 0.2) is 0 Å². The zero-order valence-electron chi connectivity index (χ0n) is 17.3. The van der Waals surface area contributed by atoms with Gasteiger partial charge in [-0.25, -0.2) is 0 Å². The molecule has 0 N–H and O–H groups in total. The standard InChI is InChI=1S/2C9H11.C5H10.2Mg/c2*1-7-4-8(2)6-9(3)5-7;1-3-5-4-2;;/h2*4-5H,1-3H3;1-5H2;;/q2*-1;-2;2*+2. The molecule has 0 atom stereocenters. The van der Waals surface area contributed by atoms with Crippen LogP contribution in [0.15, 0.2) is 24.3 Å². The van der Waals surface area contributed by atoms with Crippen molar-refractivity contribution >= 4 is 46.1 Å². The Labute approximate surface area is 189 Å². The second kappa shape index (κ2) is 17.4. The van der Waals surface area contributed by atoms with E-state index in [1.165, 1.54) is 39.8 Å². The van der Waals surface area contributed by atoms with Crippen LogP contribution in [0.1, 0.15) is 52.6 Å². The maximum atomic E-state index is 3.64. The van der Waals surface area contributed by atoms with Crippen molar-refractivity contribution in [2.45, 2.75) is 60.8 Å². The topological polar surface area (TPSA) is 0 Å². The summed E-state index contributed by atoms with van der Waals surface area (Å²) in [5.41, 5.74) is 7.56. The number of unbranched alkanes of at least 4 members (excludes halogenated alkanes) is 2. The Morgan fingerprint density at radius 3 is 0.960 bits per heavy atom. The van der Waals surface area contributed by atoms with Crippen molar-refractivity contribution in [3.8, 4) is 0 Å². The average Bonchev–Trinajstić information content (AvgIpc) is 2.37. The predicted molar refractivity (Wildman–Crippen MR) is 115 cm³/mol. The Morgan fingerprint density at radius 2 is 0.840 bits per heavy atom. The first kappa shape index (κ1) is 29.7. The van der Waals surface area contributed by atoms with Gasteiger partial charge in [-0.2, -0.15) is 82.6 Å². The van der Waals surface area contributed by atoms with Crippen LogP contribution < -0.4 is 0 Å². The molecule has 0 unspecified atom stereocenters. The molecule has 2 rings (SSSR count). The third kappa shape index (κ3) is 17.2. The number of benzene rings is 2. The Morgan fingerprint density at radius 1 is 0.600 bits per heavy atom. The third-order valence-corrected chi connectivity index (χ3v) is 3.07. The molecule has 0 aliphatic rings. The van der Waals surface area contributed by atoms with Gasteiger partial charge in [0.2, 0.25) is 0 Å². The Bertz CT molecular complexity index is 422. The molecule has 2 aromatic carbocycles. The van der Waals surface area contributed by atoms with Gasteiger partial charge in [-0.15, -0.1) is 6.42 Å². The zero-order chi connectivity index (χ0) is 17.8. The van der Waals surface area contributed by atoms with Crippen LogP contribution in [0.25, 0.3) is 0 Å². The zero-order valence-corrected chi connectivity index (χ0v) is 20.1. The number of hydrogen-bond donors (Lipinski definition) is 0. The van der Waals surface area contributed by atoms with E-state index >= 15 is 0 Å². The average molecular weight is 357 g/mol. The smallest absolute Gasteiger partial charge is 0.343 e. The molecule has 25 heavy (non-hydrogen) atoms. The molecule has 0 bridgehead atoms. The molecule has 0 amide bonds. The van der Waals surface area contributed by atoms with Gasteiger partial charge in [-0.3, -0.25) is 0 Å². The van der Waals surface area contributed by atoms with Crippen molar-refractivity contribution in [1.29, 1.82) is 0 Å². The molecule has 128 valence electrons. The molecule has 0 nitrogen and oxygen atoms in total. The largest absolute Gasteiger partial charge is 2.00 e. The Kier molecular flexibility index (Phi) is 20.7. The van der Waals surface area contributed by atoms with E-state index in [0.717, 1.165) is 12.8 Å². The van der Waals surface area contributed by atoms with Gasteiger partial charge in [0.25, 0.3) is 0 Å². The molecule has 0 aliphatic heterocycles. The van der Waals surface area contributed by atoms with Gasteiger partial charge in [-0.1, -0.05) is 41.5 Å². The fourth-order valence-corrected chi connectivity index (χ4v) is 2.39. The van der Waals surface area contributed by atoms with E-state index in [9.17, 15) is 0 Å². The van der Waals surface area contributed by atoms with Gasteiger partial charge >= 0.3 is 46.1 Å². The van der Waals surface area contributed by atoms with E-state index in [1.54, 1.807) is 0 Å². The van der Waals surface area contributed by atoms with Crippen LogP contribution in [0.5, 0.6) is 0 Å². The summed E-state index contributed by atoms with van der Waals surface area (Å²) in [5.74, 6) is 0. The summed E-state index contributed by atoms with van der Waals surface area (Å²) in [6, 6.07) is 14.9. The molecule has 0 aliphatic carbocycles. The van der Waals surface area contributed by atoms with Crippen molar-refractivity contribution in [2.24, 2.45) is 0 Å². The molecule has 2 heteroatoms. The van der Waals surface area contributed by atoms with Crippen LogP contribution in [-0.2, 0) is 0 Å². The molecular weight excluding hydrogens is 325 g/mol. The quantitative estimate of drug-likeness (QED) is 0.465. The van der Waals surface area contributed by atoms with Crippen molar-refractivity contribution < 1.29 is 0 Å². The minimum absolute atomic E-state index is 0. The van der Waals surface area contributed by atoms with E-state index in [1.807, 2.05) is 0 Å². The first-order valence-electron chi connectivity index (χ1n) is 8.31. The molecule has 0 heterocycles. The van der Waals surface area contributed by atoms with Crippen LogP contribution in [-0.4, -0.2) is 46.1 Å². The van der Waals surface area contributed by atoms with E-state index in [4.69, 9.17) is 0 Å². The predicted octanol–water partition coefficient (Wildman–Crippen LogP) is 5.89. The van der Waals surface area contributed by atoms with E-state index in [-0.39, 0.29) is 46.1 Å². The van der Waals surface area contributed by atoms with Crippen molar-refractivity contribution in [3.05, 3.63) is 83.6 Å². The Balaban J connectivity index is -0.000000291. The normalized spacial score (nSPS) is 8.64. The molecule has 0 saturated heterocycles. The van der Waals surface area contributed by atoms with Crippen LogP contribution >= 0.6 is 0 Å². The fraction of sp³-hybridized carbons (Fsp3) is 0.391. The number of rotatable bonds is 2. The number of hydrogen-bond acceptors (Lipinski definition) is 0. The molecule has 0 aromatic heterocycles. The molecule has 0 fully saturated rings. The van der Waals surface area contributed by atoms with Gasteiger partial charge in [0.05, 0.1) is 0 Å². The van der Waals surface area contributed by atoms with Gasteiger partial charge in [-0.05, 0) is 0 Å². The maximum absolute atomic E-state index is 3.64. The van der Waals surface area contributed by atoms with E-state index in [0.29, 0.717) is 0 Å². The Hall–Kier alpha value is -0.0275. The minimum Gasteiger partial charge on any atom is -0.343 e. The van der Waals surface area contributed by atoms with Crippen molar-refractivity contribution in [2.75, 3.05) is 0 Å². The van der Waals surface area contributed by atoms with Gasteiger partial charge < -0.3 is 13.8 Å². The van der Waals surface area contributed by atoms with Crippen LogP contribution in [0.3, 0.4) is 0 Å². The first-order chi connectivity index (χ1) is 10.8. The van der Waals surface area contributed by atoms with Crippen LogP contribution in [0.2, 0.25) is 0 Å². The number of aryl methyl sites for hydroxylation is 6. The summed E-state index contributed by atoms with van der Waals surface area (Å²) < 4.78 is 0. The summed E-state index contributed by atoms with van der Waals surface area (Å²) in [7, 11) is 0. The molecule has 0 saturated carbocycles. The molecule has 0 spiro atoms. The maximum Gasteiger partial charge on any atom is 2.00 e. The van der Waals surface area contributed by atoms with Gasteiger partial charge in [0.1, 0.15) is 0 Å². The third-order valence-electron chi connectivity index (χ3n) is 3.07. The summed E-state index contributed by atoms with van der Waals surface area (Å²) in [6.45, 7) is 19.8. The van der Waals surface area contributed by atoms with Crippen molar-refractivity contribution in [1.82, 2.24) is 0 Å². The molecular formula is C23H32Mg2. The monoisotopic (exact) mass is 356 g/mol. The van der Waals surface area contributed by atoms with Gasteiger partial charge in [0, 0.05) is 0 Å². The minimum atomic E-state index is 0. The van der Waals surface area contributed by atoms with E-state index < -0.39 is 0 Å². The SMILES string of the molecule is Cc1[c-]c(C)cc(C)c1.Cc1[c-]c(C)cc(C)c1.[CH2-]CCC[CH2-].[Mg+2].[Mg+2]. The fourth-order valence-electron chi connectivity index (χ4n) is 2.39. The summed E-state index contributed by atoms with van der Waals surface area (Å²) in [4.78, 5) is 0. The van der Waals surface area contributed by atoms with Crippen molar-refractivity contribution in [3.63, 3.8) is 0 Å². The summed E-state index contributed by atoms with van der Waals surface area (Å²) in [5, 5.41) is 0. The second-order valence-electron chi connectivity index (χ2n) is 6.11.